The summed E-state index contributed by atoms with van der Waals surface area (Å²) in [5, 5.41) is 0.625. The first-order valence-corrected chi connectivity index (χ1v) is 9.29. The van der Waals surface area contributed by atoms with Gasteiger partial charge in [0, 0.05) is 0 Å². The lowest BCUT2D eigenvalue weighted by Gasteiger charge is -2.45. The van der Waals surface area contributed by atoms with E-state index in [0.29, 0.717) is 10.5 Å². The van der Waals surface area contributed by atoms with E-state index < -0.39 is 8.07 Å². The van der Waals surface area contributed by atoms with Crippen molar-refractivity contribution in [1.82, 2.24) is 0 Å². The molecule has 0 bridgehead atoms. The lowest BCUT2D eigenvalue weighted by Crippen LogP contribution is -2.43. The second kappa shape index (κ2) is 4.38. The summed E-state index contributed by atoms with van der Waals surface area (Å²) < 4.78 is 0. The van der Waals surface area contributed by atoms with Crippen molar-refractivity contribution in [3.05, 3.63) is 0 Å². The van der Waals surface area contributed by atoms with Gasteiger partial charge in [-0.2, -0.15) is 0 Å². The molecule has 14 heavy (non-hydrogen) atoms. The van der Waals surface area contributed by atoms with E-state index in [2.05, 4.69) is 54.6 Å². The quantitative estimate of drug-likeness (QED) is 0.556. The van der Waals surface area contributed by atoms with Gasteiger partial charge in [-0.25, -0.2) is 0 Å². The zero-order valence-electron chi connectivity index (χ0n) is 11.6. The van der Waals surface area contributed by atoms with E-state index >= 15 is 0 Å². The van der Waals surface area contributed by atoms with Crippen molar-refractivity contribution in [1.29, 1.82) is 0 Å². The van der Waals surface area contributed by atoms with Crippen LogP contribution >= 0.6 is 0 Å². The van der Waals surface area contributed by atoms with Crippen molar-refractivity contribution in [2.75, 3.05) is 0 Å². The summed E-state index contributed by atoms with van der Waals surface area (Å²) >= 11 is 0. The molecule has 0 aromatic carbocycles. The second-order valence-electron chi connectivity index (χ2n) is 6.89. The molecule has 0 aromatic heterocycles. The molecular formula is C13H30Si. The molecule has 0 heterocycles. The molecule has 0 aliphatic carbocycles. The van der Waals surface area contributed by atoms with Crippen LogP contribution in [0.2, 0.25) is 24.2 Å². The van der Waals surface area contributed by atoms with Gasteiger partial charge >= 0.3 is 0 Å². The third kappa shape index (κ3) is 3.41. The van der Waals surface area contributed by atoms with Crippen LogP contribution in [0.25, 0.3) is 0 Å². The largest absolute Gasteiger partial charge is 0.0689 e. The minimum atomic E-state index is -1.09. The zero-order valence-corrected chi connectivity index (χ0v) is 12.6. The number of hydrogen-bond donors (Lipinski definition) is 0. The van der Waals surface area contributed by atoms with Crippen LogP contribution < -0.4 is 0 Å². The Hall–Kier alpha value is 0.217. The lowest BCUT2D eigenvalue weighted by molar-refractivity contribution is 0.440. The first-order valence-electron chi connectivity index (χ1n) is 6.08. The van der Waals surface area contributed by atoms with Gasteiger partial charge in [-0.15, -0.1) is 0 Å². The first-order chi connectivity index (χ1) is 6.08. The fourth-order valence-electron chi connectivity index (χ4n) is 2.75. The van der Waals surface area contributed by atoms with Crippen LogP contribution in [0.15, 0.2) is 0 Å². The molecular weight excluding hydrogens is 184 g/mol. The molecule has 0 radical (unpaired) electrons. The summed E-state index contributed by atoms with van der Waals surface area (Å²) in [6.45, 7) is 19.5. The van der Waals surface area contributed by atoms with Crippen molar-refractivity contribution < 1.29 is 0 Å². The minimum Gasteiger partial charge on any atom is -0.0689 e. The maximum Gasteiger partial charge on any atom is 0.0538 e. The van der Waals surface area contributed by atoms with Crippen LogP contribution in [-0.4, -0.2) is 8.07 Å². The Morgan fingerprint density at radius 2 is 1.21 bits per heavy atom. The molecule has 0 aromatic rings. The molecule has 86 valence electrons. The van der Waals surface area contributed by atoms with E-state index in [9.17, 15) is 0 Å². The number of hydrogen-bond acceptors (Lipinski definition) is 0. The zero-order chi connectivity index (χ0) is 11.6. The summed E-state index contributed by atoms with van der Waals surface area (Å²) in [5.41, 5.74) is 0.501. The van der Waals surface area contributed by atoms with Crippen molar-refractivity contribution in [3.8, 4) is 0 Å². The highest BCUT2D eigenvalue weighted by Crippen LogP contribution is 2.49. The van der Waals surface area contributed by atoms with E-state index in [0.717, 1.165) is 0 Å². The summed E-state index contributed by atoms with van der Waals surface area (Å²) in [6.07, 6.45) is 2.69. The average molecular weight is 214 g/mol. The Morgan fingerprint density at radius 1 is 0.857 bits per heavy atom. The Labute approximate surface area is 92.5 Å². The second-order valence-corrected chi connectivity index (χ2v) is 12.2. The molecule has 0 aliphatic heterocycles. The normalized spacial score (nSPS) is 14.6. The fourth-order valence-corrected chi connectivity index (χ4v) is 7.74. The van der Waals surface area contributed by atoms with E-state index in [1.807, 2.05) is 0 Å². The molecule has 0 spiro atoms. The van der Waals surface area contributed by atoms with E-state index in [4.69, 9.17) is 0 Å². The van der Waals surface area contributed by atoms with Crippen molar-refractivity contribution >= 4 is 8.07 Å². The smallest absolute Gasteiger partial charge is 0.0538 e. The van der Waals surface area contributed by atoms with Gasteiger partial charge < -0.3 is 0 Å². The van der Waals surface area contributed by atoms with Crippen molar-refractivity contribution in [3.63, 3.8) is 0 Å². The highest BCUT2D eigenvalue weighted by molar-refractivity contribution is 6.80. The first kappa shape index (κ1) is 14.2. The molecule has 0 N–H and O–H groups in total. The highest BCUT2D eigenvalue weighted by atomic mass is 28.3. The molecule has 0 rings (SSSR count). The molecule has 0 saturated carbocycles. The SMILES string of the molecule is CCC(C)(CC)[Si](C)(C)CC(C)(C)C. The molecule has 0 atom stereocenters. The maximum absolute atomic E-state index is 2.57. The standard InChI is InChI=1S/C13H30Si/c1-9-13(6,10-2)14(7,8)11-12(3,4)5/h9-11H2,1-8H3. The van der Waals surface area contributed by atoms with Crippen LogP contribution in [0, 0.1) is 5.41 Å². The average Bonchev–Trinajstić information content (AvgIpc) is 1.98. The van der Waals surface area contributed by atoms with Gasteiger partial charge in [0.2, 0.25) is 0 Å². The van der Waals surface area contributed by atoms with Crippen LogP contribution in [0.3, 0.4) is 0 Å². The minimum absolute atomic E-state index is 0.501. The van der Waals surface area contributed by atoms with Crippen LogP contribution in [0.1, 0.15) is 54.4 Å². The van der Waals surface area contributed by atoms with Gasteiger partial charge in [-0.3, -0.25) is 0 Å². The van der Waals surface area contributed by atoms with Crippen molar-refractivity contribution in [2.24, 2.45) is 5.41 Å². The molecule has 1 heteroatoms. The Balaban J connectivity index is 4.75. The molecule has 0 fully saturated rings. The van der Waals surface area contributed by atoms with Gasteiger partial charge in [0.25, 0.3) is 0 Å². The van der Waals surface area contributed by atoms with E-state index in [1.165, 1.54) is 18.9 Å². The molecule has 0 amide bonds. The lowest BCUT2D eigenvalue weighted by atomic mass is 10.0. The summed E-state index contributed by atoms with van der Waals surface area (Å²) in [5.74, 6) is 0. The summed E-state index contributed by atoms with van der Waals surface area (Å²) in [4.78, 5) is 0. The van der Waals surface area contributed by atoms with E-state index in [-0.39, 0.29) is 0 Å². The molecule has 0 nitrogen and oxygen atoms in total. The third-order valence-corrected chi connectivity index (χ3v) is 10.1. The molecule has 0 aliphatic rings. The number of rotatable bonds is 4. The van der Waals surface area contributed by atoms with Gasteiger partial charge in [-0.05, 0) is 10.5 Å². The monoisotopic (exact) mass is 214 g/mol. The highest BCUT2D eigenvalue weighted by Gasteiger charge is 2.41. The van der Waals surface area contributed by atoms with E-state index in [1.54, 1.807) is 0 Å². The van der Waals surface area contributed by atoms with Gasteiger partial charge in [0.1, 0.15) is 0 Å². The topological polar surface area (TPSA) is 0 Å². The Bertz CT molecular complexity index is 170. The van der Waals surface area contributed by atoms with Gasteiger partial charge in [-0.1, -0.05) is 73.5 Å². The third-order valence-electron chi connectivity index (χ3n) is 4.17. The molecule has 0 saturated heterocycles. The summed E-state index contributed by atoms with van der Waals surface area (Å²) in [6, 6.07) is 1.44. The maximum atomic E-state index is 2.57. The van der Waals surface area contributed by atoms with Gasteiger partial charge in [0.15, 0.2) is 0 Å². The van der Waals surface area contributed by atoms with Crippen LogP contribution in [-0.2, 0) is 0 Å². The fraction of sp³-hybridized carbons (Fsp3) is 1.00. The van der Waals surface area contributed by atoms with Crippen LogP contribution in [0.4, 0.5) is 0 Å². The van der Waals surface area contributed by atoms with Crippen LogP contribution in [0.5, 0.6) is 0 Å². The summed E-state index contributed by atoms with van der Waals surface area (Å²) in [7, 11) is -1.09. The predicted molar refractivity (Wildman–Crippen MR) is 70.7 cm³/mol. The molecule has 0 unspecified atom stereocenters. The Kier molecular flexibility index (Phi) is 4.45. The van der Waals surface area contributed by atoms with Crippen molar-refractivity contribution in [2.45, 2.75) is 78.6 Å². The Morgan fingerprint density at radius 3 is 1.43 bits per heavy atom. The predicted octanol–water partition coefficient (Wildman–Crippen LogP) is 5.32. The van der Waals surface area contributed by atoms with Gasteiger partial charge in [0.05, 0.1) is 8.07 Å².